The number of aliphatic hydroxyl groups is 1. The molecule has 7 heteroatoms. The molecule has 0 bridgehead atoms. The summed E-state index contributed by atoms with van der Waals surface area (Å²) in [5, 5.41) is 20.0. The van der Waals surface area contributed by atoms with Crippen molar-refractivity contribution in [2.24, 2.45) is 5.92 Å². The fraction of sp³-hybridized carbons (Fsp3) is 0.438. The van der Waals surface area contributed by atoms with Gasteiger partial charge >= 0.3 is 5.97 Å². The number of likely N-dealkylation sites (tertiary alicyclic amines) is 1. The van der Waals surface area contributed by atoms with Crippen LogP contribution in [0.25, 0.3) is 11.1 Å². The molecule has 5 atom stereocenters. The fourth-order valence-electron chi connectivity index (χ4n) is 5.91. The van der Waals surface area contributed by atoms with E-state index in [0.29, 0.717) is 23.5 Å². The molecule has 3 heterocycles. The van der Waals surface area contributed by atoms with Gasteiger partial charge in [-0.05, 0) is 98.0 Å². The summed E-state index contributed by atoms with van der Waals surface area (Å²) < 4.78 is 11.9. The maximum atomic E-state index is 11.4. The van der Waals surface area contributed by atoms with Crippen LogP contribution in [-0.4, -0.2) is 45.3 Å². The molecule has 1 saturated heterocycles. The second kappa shape index (κ2) is 11.4. The van der Waals surface area contributed by atoms with E-state index in [9.17, 15) is 15.0 Å². The van der Waals surface area contributed by atoms with Gasteiger partial charge < -0.3 is 19.7 Å². The van der Waals surface area contributed by atoms with Gasteiger partial charge in [-0.2, -0.15) is 0 Å². The Balaban J connectivity index is 1.48. The number of benzene rings is 2. The topological polar surface area (TPSA) is 92.1 Å². The van der Waals surface area contributed by atoms with Crippen molar-refractivity contribution >= 4 is 5.97 Å². The molecule has 0 aliphatic carbocycles. The summed E-state index contributed by atoms with van der Waals surface area (Å²) >= 11 is 0. The highest BCUT2D eigenvalue weighted by atomic mass is 16.5. The van der Waals surface area contributed by atoms with Crippen molar-refractivity contribution < 1.29 is 24.5 Å². The number of aliphatic hydroxyl groups excluding tert-OH is 1. The summed E-state index contributed by atoms with van der Waals surface area (Å²) in [6.07, 6.45) is 4.64. The highest BCUT2D eigenvalue weighted by molar-refractivity contribution is 5.70. The Morgan fingerprint density at radius 3 is 2.54 bits per heavy atom. The molecule has 5 rings (SSSR count). The first-order valence-electron chi connectivity index (χ1n) is 13.8. The van der Waals surface area contributed by atoms with Crippen LogP contribution in [0.4, 0.5) is 0 Å². The first-order valence-corrected chi connectivity index (χ1v) is 13.8. The third-order valence-electron chi connectivity index (χ3n) is 8.50. The molecule has 0 amide bonds. The molecular weight excluding hydrogens is 492 g/mol. The van der Waals surface area contributed by atoms with E-state index in [-0.39, 0.29) is 6.10 Å². The summed E-state index contributed by atoms with van der Waals surface area (Å²) in [5.41, 5.74) is 6.21. The number of pyridine rings is 1. The number of rotatable bonds is 8. The van der Waals surface area contributed by atoms with E-state index in [1.165, 1.54) is 30.9 Å². The van der Waals surface area contributed by atoms with Gasteiger partial charge in [0.05, 0.1) is 19.1 Å². The quantitative estimate of drug-likeness (QED) is 0.372. The molecule has 2 N–H and O–H groups in total. The molecule has 2 aliphatic rings. The Morgan fingerprint density at radius 1 is 1.08 bits per heavy atom. The maximum absolute atomic E-state index is 11.4. The van der Waals surface area contributed by atoms with Gasteiger partial charge in [0.1, 0.15) is 11.9 Å². The normalized spacial score (nSPS) is 22.5. The number of hydrogen-bond acceptors (Lipinski definition) is 6. The fourth-order valence-corrected chi connectivity index (χ4v) is 5.91. The molecule has 0 spiro atoms. The van der Waals surface area contributed by atoms with Crippen molar-refractivity contribution in [2.75, 3.05) is 7.11 Å². The van der Waals surface area contributed by atoms with Gasteiger partial charge in [-0.25, -0.2) is 4.98 Å². The van der Waals surface area contributed by atoms with E-state index < -0.39 is 18.0 Å². The average molecular weight is 531 g/mol. The van der Waals surface area contributed by atoms with Crippen LogP contribution in [0, 0.1) is 5.92 Å². The molecule has 3 aromatic rings. The number of ether oxygens (including phenoxy) is 2. The van der Waals surface area contributed by atoms with E-state index in [1.807, 2.05) is 30.3 Å². The van der Waals surface area contributed by atoms with Gasteiger partial charge in [0, 0.05) is 30.9 Å². The van der Waals surface area contributed by atoms with Crippen LogP contribution in [-0.2, 0) is 17.8 Å². The molecule has 1 unspecified atom stereocenters. The summed E-state index contributed by atoms with van der Waals surface area (Å²) in [4.78, 5) is 18.3. The minimum absolute atomic E-state index is 0.133. The van der Waals surface area contributed by atoms with Crippen LogP contribution in [0.3, 0.4) is 0 Å². The molecule has 39 heavy (non-hydrogen) atoms. The molecule has 1 fully saturated rings. The van der Waals surface area contributed by atoms with Crippen molar-refractivity contribution in [3.05, 3.63) is 77.0 Å². The van der Waals surface area contributed by atoms with E-state index in [1.54, 1.807) is 13.3 Å². The Labute approximate surface area is 230 Å². The monoisotopic (exact) mass is 530 g/mol. The zero-order valence-electron chi connectivity index (χ0n) is 23.1. The molecule has 1 aromatic heterocycles. The zero-order chi connectivity index (χ0) is 27.7. The van der Waals surface area contributed by atoms with Crippen LogP contribution in [0.2, 0.25) is 0 Å². The molecule has 0 radical (unpaired) electrons. The lowest BCUT2D eigenvalue weighted by Gasteiger charge is -2.32. The minimum Gasteiger partial charge on any atom is -0.485 e. The van der Waals surface area contributed by atoms with Gasteiger partial charge in [-0.15, -0.1) is 0 Å². The number of aliphatic carboxylic acids is 1. The second-order valence-electron chi connectivity index (χ2n) is 11.0. The van der Waals surface area contributed by atoms with E-state index in [4.69, 9.17) is 9.47 Å². The lowest BCUT2D eigenvalue weighted by atomic mass is 9.90. The highest BCUT2D eigenvalue weighted by Crippen LogP contribution is 2.40. The number of carboxylic acids is 1. The predicted octanol–water partition coefficient (Wildman–Crippen LogP) is 5.95. The number of fused-ring (bicyclic) bond motifs is 1. The SMILES string of the molecule is COc1cc(-c2ccc(C3CCc4ccc([C@H](O)[C@H](C)C(=O)O)cc4O3)c(CN3[C@H](C)CC[C@@H]3C)c2)ccn1. The van der Waals surface area contributed by atoms with Gasteiger partial charge in [0.25, 0.3) is 0 Å². The van der Waals surface area contributed by atoms with Gasteiger partial charge in [0.15, 0.2) is 0 Å². The molecule has 2 aliphatic heterocycles. The highest BCUT2D eigenvalue weighted by Gasteiger charge is 2.31. The second-order valence-corrected chi connectivity index (χ2v) is 11.0. The predicted molar refractivity (Wildman–Crippen MR) is 150 cm³/mol. The van der Waals surface area contributed by atoms with Crippen LogP contribution in [0.1, 0.15) is 74.5 Å². The third-order valence-corrected chi connectivity index (χ3v) is 8.50. The van der Waals surface area contributed by atoms with E-state index in [0.717, 1.165) is 41.8 Å². The van der Waals surface area contributed by atoms with Crippen molar-refractivity contribution in [3.63, 3.8) is 0 Å². The Hall–Kier alpha value is -3.42. The zero-order valence-corrected chi connectivity index (χ0v) is 23.1. The van der Waals surface area contributed by atoms with Crippen molar-refractivity contribution in [3.8, 4) is 22.8 Å². The first kappa shape index (κ1) is 27.2. The Kier molecular flexibility index (Phi) is 7.91. The van der Waals surface area contributed by atoms with E-state index >= 15 is 0 Å². The maximum Gasteiger partial charge on any atom is 0.309 e. The van der Waals surface area contributed by atoms with Crippen LogP contribution < -0.4 is 9.47 Å². The van der Waals surface area contributed by atoms with E-state index in [2.05, 4.69) is 41.9 Å². The number of hydrogen-bond donors (Lipinski definition) is 2. The van der Waals surface area contributed by atoms with Gasteiger partial charge in [-0.1, -0.05) is 24.3 Å². The number of aromatic nitrogens is 1. The van der Waals surface area contributed by atoms with Gasteiger partial charge in [0.2, 0.25) is 5.88 Å². The molecule has 0 saturated carbocycles. The third kappa shape index (κ3) is 5.65. The number of aryl methyl sites for hydroxylation is 1. The Bertz CT molecular complexity index is 1330. The summed E-state index contributed by atoms with van der Waals surface area (Å²) in [5.74, 6) is -0.627. The number of nitrogens with zero attached hydrogens (tertiary/aromatic N) is 2. The molecule has 206 valence electrons. The number of methoxy groups -OCH3 is 1. The molecule has 2 aromatic carbocycles. The lowest BCUT2D eigenvalue weighted by molar-refractivity contribution is -0.145. The summed E-state index contributed by atoms with van der Waals surface area (Å²) in [6, 6.07) is 17.2. The smallest absolute Gasteiger partial charge is 0.309 e. The number of carbonyl (C=O) groups is 1. The lowest BCUT2D eigenvalue weighted by Crippen LogP contribution is -2.32. The first-order chi connectivity index (χ1) is 18.7. The average Bonchev–Trinajstić information content (AvgIpc) is 3.27. The largest absolute Gasteiger partial charge is 0.485 e. The van der Waals surface area contributed by atoms with Gasteiger partial charge in [-0.3, -0.25) is 9.69 Å². The van der Waals surface area contributed by atoms with Crippen molar-refractivity contribution in [1.29, 1.82) is 0 Å². The number of carboxylic acid groups (broad SMARTS) is 1. The van der Waals surface area contributed by atoms with Crippen molar-refractivity contribution in [2.45, 2.75) is 77.3 Å². The van der Waals surface area contributed by atoms with Crippen LogP contribution in [0.5, 0.6) is 11.6 Å². The molecular formula is C32H38N2O5. The van der Waals surface area contributed by atoms with Crippen LogP contribution >= 0.6 is 0 Å². The molecule has 7 nitrogen and oxygen atoms in total. The van der Waals surface area contributed by atoms with Crippen molar-refractivity contribution in [1.82, 2.24) is 9.88 Å². The summed E-state index contributed by atoms with van der Waals surface area (Å²) in [6.45, 7) is 6.97. The standard InChI is InChI=1S/C32H38N2O5/c1-19-5-6-20(2)34(19)18-26-15-23(24-13-14-33-30(17-24)38-4)9-11-27(26)28-12-10-22-7-8-25(16-29(22)39-28)31(35)21(3)32(36)37/h7-9,11,13-17,19-21,28,31,35H,5-6,10,12,18H2,1-4H3,(H,36,37)/t19-,20+,21-,28?,31+/m0/s1. The minimum atomic E-state index is -1.10. The Morgan fingerprint density at radius 2 is 1.82 bits per heavy atom. The van der Waals surface area contributed by atoms with Crippen LogP contribution in [0.15, 0.2) is 54.7 Å². The summed E-state index contributed by atoms with van der Waals surface area (Å²) in [7, 11) is 1.63.